The van der Waals surface area contributed by atoms with Gasteiger partial charge in [0.2, 0.25) is 5.91 Å². The highest BCUT2D eigenvalue weighted by Crippen LogP contribution is 2.31. The van der Waals surface area contributed by atoms with E-state index in [1.54, 1.807) is 13.2 Å². The maximum absolute atomic E-state index is 12.9. The Morgan fingerprint density at radius 2 is 1.94 bits per heavy atom. The molecule has 2 aromatic carbocycles. The maximum Gasteiger partial charge on any atom is 0.224 e. The van der Waals surface area contributed by atoms with Gasteiger partial charge in [0.15, 0.2) is 0 Å². The summed E-state index contributed by atoms with van der Waals surface area (Å²) in [7, 11) is 1.67. The molecule has 0 unspecified atom stereocenters. The normalized spacial score (nSPS) is 17.6. The molecule has 2 heterocycles. The fraction of sp³-hybridized carbons (Fsp3) is 0.480. The number of likely N-dealkylation sites (tertiary alicyclic amines) is 1. The Morgan fingerprint density at radius 3 is 2.69 bits per heavy atom. The van der Waals surface area contributed by atoms with Gasteiger partial charge in [-0.3, -0.25) is 4.79 Å². The van der Waals surface area contributed by atoms with E-state index in [2.05, 4.69) is 11.0 Å². The number of fused-ring (bicyclic) bond motifs is 1. The highest BCUT2D eigenvalue weighted by molar-refractivity contribution is 7.99. The van der Waals surface area contributed by atoms with E-state index in [1.165, 1.54) is 16.5 Å². The van der Waals surface area contributed by atoms with Gasteiger partial charge in [0.25, 0.3) is 0 Å². The van der Waals surface area contributed by atoms with Crippen molar-refractivity contribution >= 4 is 17.7 Å². The van der Waals surface area contributed by atoms with E-state index in [-0.39, 0.29) is 17.4 Å². The molecule has 0 radical (unpaired) electrons. The molecule has 2 aliphatic rings. The highest BCUT2D eigenvalue weighted by atomic mass is 32.2. The third-order valence-corrected chi connectivity index (χ3v) is 7.62. The first kappa shape index (κ1) is 22.8. The minimum Gasteiger partial charge on any atom is -0.508 e. The third-order valence-electron chi connectivity index (χ3n) is 6.53. The SMILES string of the molecule is COc1ccc2c(c1)CN(C(=O)CCN1CCC(Cc3ccc(O)cc3O)CC1)CCS2. The molecule has 0 saturated carbocycles. The van der Waals surface area contributed by atoms with Crippen LogP contribution in [0.25, 0.3) is 0 Å². The summed E-state index contributed by atoms with van der Waals surface area (Å²) in [5.41, 5.74) is 2.06. The second kappa shape index (κ2) is 10.5. The van der Waals surface area contributed by atoms with Crippen molar-refractivity contribution in [2.45, 2.75) is 37.1 Å². The predicted octanol–water partition coefficient (Wildman–Crippen LogP) is 3.89. The second-order valence-corrected chi connectivity index (χ2v) is 9.83. The smallest absolute Gasteiger partial charge is 0.224 e. The fourth-order valence-electron chi connectivity index (χ4n) is 4.57. The Hall–Kier alpha value is -2.38. The van der Waals surface area contributed by atoms with Gasteiger partial charge in [-0.15, -0.1) is 11.8 Å². The molecule has 0 aliphatic carbocycles. The summed E-state index contributed by atoms with van der Waals surface area (Å²) < 4.78 is 5.36. The first-order chi connectivity index (χ1) is 15.5. The van der Waals surface area contributed by atoms with Crippen LogP contribution in [-0.4, -0.2) is 65.0 Å². The number of nitrogens with zero attached hydrogens (tertiary/aromatic N) is 2. The largest absolute Gasteiger partial charge is 0.508 e. The van der Waals surface area contributed by atoms with Crippen LogP contribution in [0.4, 0.5) is 0 Å². The van der Waals surface area contributed by atoms with E-state index in [9.17, 15) is 15.0 Å². The van der Waals surface area contributed by atoms with Crippen molar-refractivity contribution in [1.82, 2.24) is 9.80 Å². The summed E-state index contributed by atoms with van der Waals surface area (Å²) >= 11 is 1.81. The summed E-state index contributed by atoms with van der Waals surface area (Å²) in [5.74, 6) is 2.76. The molecule has 1 fully saturated rings. The second-order valence-electron chi connectivity index (χ2n) is 8.69. The lowest BCUT2D eigenvalue weighted by molar-refractivity contribution is -0.132. The molecule has 0 aromatic heterocycles. The third kappa shape index (κ3) is 5.70. The molecule has 172 valence electrons. The van der Waals surface area contributed by atoms with Gasteiger partial charge in [0.1, 0.15) is 17.2 Å². The lowest BCUT2D eigenvalue weighted by Gasteiger charge is -2.32. The lowest BCUT2D eigenvalue weighted by Crippen LogP contribution is -2.38. The molecule has 2 aromatic rings. The van der Waals surface area contributed by atoms with Crippen LogP contribution < -0.4 is 4.74 Å². The standard InChI is InChI=1S/C25H32N2O4S/c1-31-22-4-5-24-20(15-22)17-27(12-13-32-24)25(30)8-11-26-9-6-18(7-10-26)14-19-2-3-21(28)16-23(19)29/h2-5,15-16,18,28-29H,6-14,17H2,1H3. The van der Waals surface area contributed by atoms with Gasteiger partial charge in [-0.25, -0.2) is 0 Å². The zero-order valence-corrected chi connectivity index (χ0v) is 19.4. The van der Waals surface area contributed by atoms with Crippen molar-refractivity contribution in [3.05, 3.63) is 47.5 Å². The number of phenolic OH excluding ortho intramolecular Hbond substituents is 2. The number of benzene rings is 2. The van der Waals surface area contributed by atoms with Crippen molar-refractivity contribution in [3.63, 3.8) is 0 Å². The number of carbonyl (C=O) groups is 1. The van der Waals surface area contributed by atoms with E-state index >= 15 is 0 Å². The number of rotatable bonds is 6. The molecule has 0 bridgehead atoms. The molecule has 2 aliphatic heterocycles. The van der Waals surface area contributed by atoms with Crippen LogP contribution in [-0.2, 0) is 17.8 Å². The summed E-state index contributed by atoms with van der Waals surface area (Å²) in [6, 6.07) is 11.0. The van der Waals surface area contributed by atoms with Crippen LogP contribution >= 0.6 is 11.8 Å². The topological polar surface area (TPSA) is 73.2 Å². The molecule has 4 rings (SSSR count). The Labute approximate surface area is 194 Å². The van der Waals surface area contributed by atoms with Crippen molar-refractivity contribution in [2.24, 2.45) is 5.92 Å². The van der Waals surface area contributed by atoms with Crippen molar-refractivity contribution in [2.75, 3.05) is 39.0 Å². The molecule has 32 heavy (non-hydrogen) atoms. The number of aromatic hydroxyl groups is 2. The fourth-order valence-corrected chi connectivity index (χ4v) is 5.58. The number of methoxy groups -OCH3 is 1. The number of ether oxygens (including phenoxy) is 1. The van der Waals surface area contributed by atoms with E-state index in [0.717, 1.165) is 62.5 Å². The molecule has 6 nitrogen and oxygen atoms in total. The van der Waals surface area contributed by atoms with Crippen LogP contribution in [0.1, 0.15) is 30.4 Å². The van der Waals surface area contributed by atoms with Gasteiger partial charge < -0.3 is 24.7 Å². The van der Waals surface area contributed by atoms with Gasteiger partial charge in [0.05, 0.1) is 7.11 Å². The number of amides is 1. The highest BCUT2D eigenvalue weighted by Gasteiger charge is 2.23. The van der Waals surface area contributed by atoms with E-state index in [4.69, 9.17) is 4.74 Å². The number of carbonyl (C=O) groups excluding carboxylic acids is 1. The molecule has 1 amide bonds. The number of piperidine rings is 1. The average molecular weight is 457 g/mol. The number of phenols is 2. The Bertz CT molecular complexity index is 944. The minimum absolute atomic E-state index is 0.0939. The summed E-state index contributed by atoms with van der Waals surface area (Å²) in [6.07, 6.45) is 3.49. The number of hydrogen-bond acceptors (Lipinski definition) is 6. The van der Waals surface area contributed by atoms with E-state index < -0.39 is 0 Å². The van der Waals surface area contributed by atoms with Crippen LogP contribution in [0.3, 0.4) is 0 Å². The summed E-state index contributed by atoms with van der Waals surface area (Å²) in [6.45, 7) is 4.18. The quantitative estimate of drug-likeness (QED) is 0.687. The Morgan fingerprint density at radius 1 is 1.12 bits per heavy atom. The molecule has 0 atom stereocenters. The monoisotopic (exact) mass is 456 g/mol. The molecule has 2 N–H and O–H groups in total. The first-order valence-corrected chi connectivity index (χ1v) is 12.3. The number of thioether (sulfide) groups is 1. The van der Waals surface area contributed by atoms with Crippen molar-refractivity contribution in [3.8, 4) is 17.2 Å². The average Bonchev–Trinajstić information content (AvgIpc) is 3.02. The van der Waals surface area contributed by atoms with Gasteiger partial charge in [-0.2, -0.15) is 0 Å². The van der Waals surface area contributed by atoms with Crippen molar-refractivity contribution < 1.29 is 19.7 Å². The minimum atomic E-state index is 0.0939. The van der Waals surface area contributed by atoms with E-state index in [1.807, 2.05) is 34.9 Å². The molecular weight excluding hydrogens is 424 g/mol. The predicted molar refractivity (Wildman–Crippen MR) is 126 cm³/mol. The van der Waals surface area contributed by atoms with Crippen molar-refractivity contribution in [1.29, 1.82) is 0 Å². The Kier molecular flexibility index (Phi) is 7.48. The maximum atomic E-state index is 12.9. The lowest BCUT2D eigenvalue weighted by atomic mass is 9.89. The van der Waals surface area contributed by atoms with Crippen LogP contribution in [0, 0.1) is 5.92 Å². The van der Waals surface area contributed by atoms with Crippen LogP contribution in [0.15, 0.2) is 41.3 Å². The van der Waals surface area contributed by atoms with Crippen LogP contribution in [0.2, 0.25) is 0 Å². The van der Waals surface area contributed by atoms with Gasteiger partial charge in [-0.05, 0) is 73.7 Å². The molecule has 7 heteroatoms. The first-order valence-electron chi connectivity index (χ1n) is 11.3. The summed E-state index contributed by atoms with van der Waals surface area (Å²) in [4.78, 5) is 18.5. The molecule has 0 spiro atoms. The van der Waals surface area contributed by atoms with Gasteiger partial charge in [0, 0.05) is 42.8 Å². The number of hydrogen-bond donors (Lipinski definition) is 2. The molecule has 1 saturated heterocycles. The van der Waals surface area contributed by atoms with Gasteiger partial charge in [-0.1, -0.05) is 6.07 Å². The molecular formula is C25H32N2O4S. The zero-order valence-electron chi connectivity index (χ0n) is 18.6. The van der Waals surface area contributed by atoms with Gasteiger partial charge >= 0.3 is 0 Å². The zero-order chi connectivity index (χ0) is 22.5. The van der Waals surface area contributed by atoms with Crippen LogP contribution in [0.5, 0.6) is 17.2 Å². The Balaban J connectivity index is 1.24. The summed E-state index contributed by atoms with van der Waals surface area (Å²) in [5, 5.41) is 19.5. The van der Waals surface area contributed by atoms with E-state index in [0.29, 0.717) is 18.9 Å².